The summed E-state index contributed by atoms with van der Waals surface area (Å²) < 4.78 is 13.4. The molecule has 2 saturated heterocycles. The molecule has 0 radical (unpaired) electrons. The van der Waals surface area contributed by atoms with Gasteiger partial charge in [-0.15, -0.1) is 0 Å². The molecule has 3 aromatic rings. The number of urea groups is 1. The summed E-state index contributed by atoms with van der Waals surface area (Å²) in [5.74, 6) is -0.341. The second-order valence-corrected chi connectivity index (χ2v) is 9.24. The van der Waals surface area contributed by atoms with Gasteiger partial charge < -0.3 is 15.5 Å². The molecule has 3 aromatic carbocycles. The van der Waals surface area contributed by atoms with Crippen LogP contribution in [-0.4, -0.2) is 47.3 Å². The van der Waals surface area contributed by atoms with Gasteiger partial charge in [0, 0.05) is 25.3 Å². The van der Waals surface area contributed by atoms with E-state index in [-0.39, 0.29) is 23.8 Å². The van der Waals surface area contributed by atoms with E-state index in [2.05, 4.69) is 10.6 Å². The summed E-state index contributed by atoms with van der Waals surface area (Å²) in [4.78, 5) is 29.8. The quantitative estimate of drug-likeness (QED) is 0.501. The summed E-state index contributed by atoms with van der Waals surface area (Å²) in [5.41, 5.74) is 0.850. The van der Waals surface area contributed by atoms with Gasteiger partial charge in [-0.3, -0.25) is 15.1 Å². The molecule has 0 atom stereocenters. The van der Waals surface area contributed by atoms with Gasteiger partial charge in [0.05, 0.1) is 0 Å². The van der Waals surface area contributed by atoms with Crippen molar-refractivity contribution in [3.63, 3.8) is 0 Å². The SMILES string of the molecule is N=C1NC(c2ccccc2)(c2ccccc2)C(=O)N1CC1CCN(C(=O)Nc2cccc(F)c2)CC1. The zero-order valence-corrected chi connectivity index (χ0v) is 19.8. The van der Waals surface area contributed by atoms with Crippen molar-refractivity contribution in [1.82, 2.24) is 15.1 Å². The highest BCUT2D eigenvalue weighted by Gasteiger charge is 2.52. The average Bonchev–Trinajstić information content (AvgIpc) is 3.16. The average molecular weight is 486 g/mol. The van der Waals surface area contributed by atoms with Crippen LogP contribution in [0.3, 0.4) is 0 Å². The van der Waals surface area contributed by atoms with E-state index < -0.39 is 11.4 Å². The molecule has 36 heavy (non-hydrogen) atoms. The predicted octanol–water partition coefficient (Wildman–Crippen LogP) is 4.38. The number of halogens is 1. The number of carbonyl (C=O) groups excluding carboxylic acids is 2. The van der Waals surface area contributed by atoms with E-state index in [1.807, 2.05) is 60.7 Å². The van der Waals surface area contributed by atoms with E-state index in [0.717, 1.165) is 11.1 Å². The minimum absolute atomic E-state index is 0.0824. The summed E-state index contributed by atoms with van der Waals surface area (Å²) in [7, 11) is 0. The van der Waals surface area contributed by atoms with Gasteiger partial charge in [-0.05, 0) is 48.1 Å². The first-order valence-corrected chi connectivity index (χ1v) is 12.1. The molecule has 2 aliphatic heterocycles. The topological polar surface area (TPSA) is 88.5 Å². The Morgan fingerprint density at radius 1 is 0.972 bits per heavy atom. The summed E-state index contributed by atoms with van der Waals surface area (Å²) in [6.07, 6.45) is 1.41. The molecule has 2 heterocycles. The Morgan fingerprint density at radius 3 is 2.17 bits per heavy atom. The van der Waals surface area contributed by atoms with E-state index in [0.29, 0.717) is 38.2 Å². The number of rotatable bonds is 5. The van der Waals surface area contributed by atoms with Crippen molar-refractivity contribution in [3.8, 4) is 0 Å². The smallest absolute Gasteiger partial charge is 0.321 e. The van der Waals surface area contributed by atoms with Crippen LogP contribution in [-0.2, 0) is 10.3 Å². The Kier molecular flexibility index (Phi) is 6.41. The molecule has 0 aromatic heterocycles. The van der Waals surface area contributed by atoms with Crippen molar-refractivity contribution in [3.05, 3.63) is 102 Å². The van der Waals surface area contributed by atoms with Crippen molar-refractivity contribution in [2.75, 3.05) is 25.0 Å². The van der Waals surface area contributed by atoms with Gasteiger partial charge in [0.1, 0.15) is 5.82 Å². The van der Waals surface area contributed by atoms with E-state index in [9.17, 15) is 14.0 Å². The molecular weight excluding hydrogens is 457 g/mol. The van der Waals surface area contributed by atoms with Crippen LogP contribution in [0.4, 0.5) is 14.9 Å². The monoisotopic (exact) mass is 485 g/mol. The van der Waals surface area contributed by atoms with Gasteiger partial charge in [-0.25, -0.2) is 9.18 Å². The van der Waals surface area contributed by atoms with Crippen molar-refractivity contribution in [2.24, 2.45) is 5.92 Å². The molecule has 5 rings (SSSR count). The summed E-state index contributed by atoms with van der Waals surface area (Å²) >= 11 is 0. The minimum Gasteiger partial charge on any atom is -0.334 e. The first kappa shape index (κ1) is 23.5. The number of nitrogens with one attached hydrogen (secondary N) is 3. The number of piperidine rings is 1. The molecule has 0 aliphatic carbocycles. The van der Waals surface area contributed by atoms with Gasteiger partial charge in [-0.2, -0.15) is 0 Å². The number of anilines is 1. The van der Waals surface area contributed by atoms with Crippen molar-refractivity contribution < 1.29 is 14.0 Å². The highest BCUT2D eigenvalue weighted by molar-refractivity contribution is 6.10. The molecule has 2 fully saturated rings. The molecule has 3 amide bonds. The van der Waals surface area contributed by atoms with Gasteiger partial charge >= 0.3 is 6.03 Å². The highest BCUT2D eigenvalue weighted by atomic mass is 19.1. The molecular formula is C28H28FN5O2. The van der Waals surface area contributed by atoms with Crippen molar-refractivity contribution in [1.29, 1.82) is 5.41 Å². The van der Waals surface area contributed by atoms with Crippen molar-refractivity contribution >= 4 is 23.6 Å². The lowest BCUT2D eigenvalue weighted by atomic mass is 9.82. The molecule has 8 heteroatoms. The third-order valence-corrected chi connectivity index (χ3v) is 6.97. The maximum atomic E-state index is 13.9. The maximum Gasteiger partial charge on any atom is 0.321 e. The Hall–Kier alpha value is -4.20. The first-order chi connectivity index (χ1) is 17.5. The second-order valence-electron chi connectivity index (χ2n) is 9.24. The molecule has 2 aliphatic rings. The lowest BCUT2D eigenvalue weighted by Gasteiger charge is -2.34. The Labute approximate surface area is 209 Å². The van der Waals surface area contributed by atoms with Gasteiger partial charge in [-0.1, -0.05) is 66.7 Å². The van der Waals surface area contributed by atoms with Crippen LogP contribution in [0.1, 0.15) is 24.0 Å². The fraction of sp³-hybridized carbons (Fsp3) is 0.250. The number of amides is 3. The van der Waals surface area contributed by atoms with Crippen LogP contribution in [0.25, 0.3) is 0 Å². The third kappa shape index (κ3) is 4.42. The number of hydrogen-bond acceptors (Lipinski definition) is 3. The fourth-order valence-corrected chi connectivity index (χ4v) is 5.06. The van der Waals surface area contributed by atoms with Crippen molar-refractivity contribution in [2.45, 2.75) is 18.4 Å². The number of guanidine groups is 1. The lowest BCUT2D eigenvalue weighted by Crippen LogP contribution is -2.46. The van der Waals surface area contributed by atoms with E-state index in [1.165, 1.54) is 17.0 Å². The second kappa shape index (κ2) is 9.81. The fourth-order valence-electron chi connectivity index (χ4n) is 5.06. The predicted molar refractivity (Wildman–Crippen MR) is 136 cm³/mol. The molecule has 0 spiro atoms. The van der Waals surface area contributed by atoms with E-state index >= 15 is 0 Å². The van der Waals surface area contributed by atoms with Crippen LogP contribution in [0.2, 0.25) is 0 Å². The number of benzene rings is 3. The molecule has 0 unspecified atom stereocenters. The standard InChI is InChI=1S/C28H28FN5O2/c29-23-12-7-13-24(18-23)31-27(36)33-16-14-20(15-17-33)19-34-25(35)28(32-26(34)30,21-8-3-1-4-9-21)22-10-5-2-6-11-22/h1-13,18,20H,14-17,19H2,(H2,30,32)(H,31,36). The zero-order chi connectivity index (χ0) is 25.1. The maximum absolute atomic E-state index is 13.9. The summed E-state index contributed by atoms with van der Waals surface area (Å²) in [5, 5.41) is 14.6. The van der Waals surface area contributed by atoms with Crippen LogP contribution < -0.4 is 10.6 Å². The third-order valence-electron chi connectivity index (χ3n) is 6.97. The number of carbonyl (C=O) groups is 2. The zero-order valence-electron chi connectivity index (χ0n) is 19.8. The number of likely N-dealkylation sites (tertiary alicyclic amines) is 1. The summed E-state index contributed by atoms with van der Waals surface area (Å²) in [6, 6.07) is 24.6. The van der Waals surface area contributed by atoms with E-state index in [4.69, 9.17) is 5.41 Å². The molecule has 0 bridgehead atoms. The first-order valence-electron chi connectivity index (χ1n) is 12.1. The Bertz CT molecular complexity index is 1220. The van der Waals surface area contributed by atoms with Crippen LogP contribution >= 0.6 is 0 Å². The minimum atomic E-state index is -1.15. The normalized spacial score (nSPS) is 17.7. The Morgan fingerprint density at radius 2 is 1.58 bits per heavy atom. The highest BCUT2D eigenvalue weighted by Crippen LogP contribution is 2.36. The molecule has 7 nitrogen and oxygen atoms in total. The lowest BCUT2D eigenvalue weighted by molar-refractivity contribution is -0.130. The molecule has 184 valence electrons. The molecule has 0 saturated carbocycles. The van der Waals surface area contributed by atoms with Crippen LogP contribution in [0.15, 0.2) is 84.9 Å². The largest absolute Gasteiger partial charge is 0.334 e. The number of hydrogen-bond donors (Lipinski definition) is 3. The summed E-state index contributed by atoms with van der Waals surface area (Å²) in [6.45, 7) is 1.46. The van der Waals surface area contributed by atoms with Gasteiger partial charge in [0.25, 0.3) is 5.91 Å². The van der Waals surface area contributed by atoms with Crippen LogP contribution in [0, 0.1) is 17.1 Å². The van der Waals surface area contributed by atoms with Gasteiger partial charge in [0.15, 0.2) is 11.5 Å². The molecule has 3 N–H and O–H groups in total. The Balaban J connectivity index is 1.27. The van der Waals surface area contributed by atoms with Crippen LogP contribution in [0.5, 0.6) is 0 Å². The van der Waals surface area contributed by atoms with E-state index in [1.54, 1.807) is 17.0 Å². The number of nitrogens with zero attached hydrogens (tertiary/aromatic N) is 2. The van der Waals surface area contributed by atoms with Gasteiger partial charge in [0.2, 0.25) is 0 Å².